The lowest BCUT2D eigenvalue weighted by Crippen LogP contribution is -2.45. The summed E-state index contributed by atoms with van der Waals surface area (Å²) < 4.78 is 51.0. The maximum Gasteiger partial charge on any atom is 0.419 e. The van der Waals surface area contributed by atoms with E-state index in [1.807, 2.05) is 0 Å². The Morgan fingerprint density at radius 2 is 1.90 bits per heavy atom. The van der Waals surface area contributed by atoms with E-state index in [1.54, 1.807) is 0 Å². The minimum atomic E-state index is -4.86. The second-order valence-corrected chi connectivity index (χ2v) is 5.12. The number of benzene rings is 1. The van der Waals surface area contributed by atoms with Crippen LogP contribution in [0.15, 0.2) is 18.2 Å². The molecule has 116 valence electrons. The molecule has 2 atom stereocenters. The summed E-state index contributed by atoms with van der Waals surface area (Å²) in [5.74, 6) is -2.16. The molecule has 1 amide bonds. The molecule has 0 bridgehead atoms. The Morgan fingerprint density at radius 3 is 2.52 bits per heavy atom. The van der Waals surface area contributed by atoms with Crippen LogP contribution >= 0.6 is 0 Å². The van der Waals surface area contributed by atoms with Crippen LogP contribution in [-0.2, 0) is 6.18 Å². The predicted molar refractivity (Wildman–Crippen MR) is 67.1 cm³/mol. The van der Waals surface area contributed by atoms with Gasteiger partial charge in [-0.25, -0.2) is 4.39 Å². The quantitative estimate of drug-likeness (QED) is 0.826. The summed E-state index contributed by atoms with van der Waals surface area (Å²) in [5.41, 5.74) is -1.75. The lowest BCUT2D eigenvalue weighted by atomic mass is 9.92. The standard InChI is InChI=1S/C14H15F4NO2/c15-10-6-5-8(7-9(10)14(16,17)18)13(21)19-11-3-1-2-4-12(11)20/h5-7,11-12,20H,1-4H2,(H,19,21). The molecular weight excluding hydrogens is 290 g/mol. The number of rotatable bonds is 2. The number of aliphatic hydroxyl groups is 1. The van der Waals surface area contributed by atoms with E-state index in [0.717, 1.165) is 18.9 Å². The number of nitrogens with one attached hydrogen (secondary N) is 1. The van der Waals surface area contributed by atoms with Crippen LogP contribution in [-0.4, -0.2) is 23.2 Å². The summed E-state index contributed by atoms with van der Waals surface area (Å²) in [6.45, 7) is 0. The number of alkyl halides is 3. The molecule has 1 aromatic rings. The zero-order chi connectivity index (χ0) is 15.6. The van der Waals surface area contributed by atoms with Crippen LogP contribution in [0.25, 0.3) is 0 Å². The molecule has 21 heavy (non-hydrogen) atoms. The molecule has 1 aliphatic rings. The van der Waals surface area contributed by atoms with Gasteiger partial charge in [-0.15, -0.1) is 0 Å². The Balaban J connectivity index is 2.16. The predicted octanol–water partition coefficient (Wildman–Crippen LogP) is 2.88. The van der Waals surface area contributed by atoms with E-state index in [1.165, 1.54) is 0 Å². The molecule has 0 radical (unpaired) electrons. The molecule has 0 spiro atoms. The van der Waals surface area contributed by atoms with Crippen molar-refractivity contribution in [3.63, 3.8) is 0 Å². The van der Waals surface area contributed by atoms with Crippen LogP contribution in [0, 0.1) is 5.82 Å². The van der Waals surface area contributed by atoms with Crippen molar-refractivity contribution in [2.24, 2.45) is 0 Å². The largest absolute Gasteiger partial charge is 0.419 e. The van der Waals surface area contributed by atoms with Crippen molar-refractivity contribution in [2.45, 2.75) is 44.0 Å². The van der Waals surface area contributed by atoms with E-state index in [0.29, 0.717) is 25.0 Å². The normalized spacial score (nSPS) is 22.9. The molecule has 1 saturated carbocycles. The maximum atomic E-state index is 13.2. The Hall–Kier alpha value is -1.63. The fraction of sp³-hybridized carbons (Fsp3) is 0.500. The van der Waals surface area contributed by atoms with Crippen molar-refractivity contribution >= 4 is 5.91 Å². The molecule has 0 aromatic heterocycles. The minimum Gasteiger partial charge on any atom is -0.391 e. The lowest BCUT2D eigenvalue weighted by Gasteiger charge is -2.28. The average Bonchev–Trinajstić information content (AvgIpc) is 2.40. The van der Waals surface area contributed by atoms with Crippen LogP contribution in [0.2, 0.25) is 0 Å². The summed E-state index contributed by atoms with van der Waals surface area (Å²) in [6, 6.07) is 1.62. The van der Waals surface area contributed by atoms with Crippen LogP contribution in [0.5, 0.6) is 0 Å². The first-order valence-corrected chi connectivity index (χ1v) is 6.64. The zero-order valence-electron chi connectivity index (χ0n) is 11.1. The number of carbonyl (C=O) groups excluding carboxylic acids is 1. The first-order valence-electron chi connectivity index (χ1n) is 6.64. The Labute approximate surface area is 119 Å². The van der Waals surface area contributed by atoms with Gasteiger partial charge in [0, 0.05) is 5.56 Å². The molecular formula is C14H15F4NO2. The van der Waals surface area contributed by atoms with Gasteiger partial charge in [0.2, 0.25) is 0 Å². The van der Waals surface area contributed by atoms with Gasteiger partial charge in [0.15, 0.2) is 0 Å². The van der Waals surface area contributed by atoms with Gasteiger partial charge < -0.3 is 10.4 Å². The molecule has 1 aromatic carbocycles. The molecule has 3 nitrogen and oxygen atoms in total. The molecule has 2 N–H and O–H groups in total. The second kappa shape index (κ2) is 6.01. The van der Waals surface area contributed by atoms with Crippen molar-refractivity contribution in [1.29, 1.82) is 0 Å². The van der Waals surface area contributed by atoms with Crippen molar-refractivity contribution in [3.8, 4) is 0 Å². The van der Waals surface area contributed by atoms with Gasteiger partial charge in [0.25, 0.3) is 5.91 Å². The highest BCUT2D eigenvalue weighted by molar-refractivity contribution is 5.94. The minimum absolute atomic E-state index is 0.276. The third kappa shape index (κ3) is 3.72. The van der Waals surface area contributed by atoms with Crippen LogP contribution in [0.1, 0.15) is 41.6 Å². The molecule has 2 rings (SSSR count). The number of halogens is 4. The zero-order valence-corrected chi connectivity index (χ0v) is 11.1. The Morgan fingerprint density at radius 1 is 1.24 bits per heavy atom. The molecule has 1 aliphatic carbocycles. The van der Waals surface area contributed by atoms with E-state index in [-0.39, 0.29) is 5.56 Å². The third-order valence-corrected chi connectivity index (χ3v) is 3.58. The monoisotopic (exact) mass is 305 g/mol. The van der Waals surface area contributed by atoms with Crippen molar-refractivity contribution in [1.82, 2.24) is 5.32 Å². The topological polar surface area (TPSA) is 49.3 Å². The first-order chi connectivity index (χ1) is 9.79. The molecule has 0 saturated heterocycles. The summed E-state index contributed by atoms with van der Waals surface area (Å²) in [5, 5.41) is 12.2. The summed E-state index contributed by atoms with van der Waals surface area (Å²) in [6.07, 6.45) is -2.76. The fourth-order valence-electron chi connectivity index (χ4n) is 2.42. The highest BCUT2D eigenvalue weighted by atomic mass is 19.4. The van der Waals surface area contributed by atoms with Gasteiger partial charge >= 0.3 is 6.18 Å². The van der Waals surface area contributed by atoms with Crippen molar-refractivity contribution < 1.29 is 27.5 Å². The molecule has 7 heteroatoms. The van der Waals surface area contributed by atoms with E-state index in [4.69, 9.17) is 0 Å². The maximum absolute atomic E-state index is 13.2. The van der Waals surface area contributed by atoms with Gasteiger partial charge in [-0.05, 0) is 31.0 Å². The van der Waals surface area contributed by atoms with Gasteiger partial charge in [-0.2, -0.15) is 13.2 Å². The number of carbonyl (C=O) groups is 1. The van der Waals surface area contributed by atoms with Gasteiger partial charge in [-0.1, -0.05) is 12.8 Å². The summed E-state index contributed by atoms with van der Waals surface area (Å²) >= 11 is 0. The summed E-state index contributed by atoms with van der Waals surface area (Å²) in [4.78, 5) is 11.9. The second-order valence-electron chi connectivity index (χ2n) is 5.12. The van der Waals surface area contributed by atoms with Crippen LogP contribution in [0.4, 0.5) is 17.6 Å². The SMILES string of the molecule is O=C(NC1CCCCC1O)c1ccc(F)c(C(F)(F)F)c1. The van der Waals surface area contributed by atoms with Crippen LogP contribution in [0.3, 0.4) is 0 Å². The smallest absolute Gasteiger partial charge is 0.391 e. The van der Waals surface area contributed by atoms with E-state index < -0.39 is 35.6 Å². The molecule has 1 fully saturated rings. The molecule has 2 unspecified atom stereocenters. The third-order valence-electron chi connectivity index (χ3n) is 3.58. The van der Waals surface area contributed by atoms with E-state index >= 15 is 0 Å². The number of aliphatic hydroxyl groups excluding tert-OH is 1. The average molecular weight is 305 g/mol. The van der Waals surface area contributed by atoms with Crippen LogP contribution < -0.4 is 5.32 Å². The van der Waals surface area contributed by atoms with Crippen molar-refractivity contribution in [2.75, 3.05) is 0 Å². The van der Waals surface area contributed by atoms with Gasteiger partial charge in [-0.3, -0.25) is 4.79 Å². The highest BCUT2D eigenvalue weighted by Crippen LogP contribution is 2.32. The highest BCUT2D eigenvalue weighted by Gasteiger charge is 2.35. The van der Waals surface area contributed by atoms with Crippen molar-refractivity contribution in [3.05, 3.63) is 35.1 Å². The van der Waals surface area contributed by atoms with E-state index in [2.05, 4.69) is 5.32 Å². The van der Waals surface area contributed by atoms with Gasteiger partial charge in [0.1, 0.15) is 5.82 Å². The Kier molecular flexibility index (Phi) is 4.51. The number of hydrogen-bond acceptors (Lipinski definition) is 2. The summed E-state index contributed by atoms with van der Waals surface area (Å²) in [7, 11) is 0. The number of amides is 1. The van der Waals surface area contributed by atoms with E-state index in [9.17, 15) is 27.5 Å². The Bertz CT molecular complexity index is 530. The molecule has 0 aliphatic heterocycles. The first kappa shape index (κ1) is 15.8. The lowest BCUT2D eigenvalue weighted by molar-refractivity contribution is -0.140. The number of hydrogen-bond donors (Lipinski definition) is 2. The molecule has 0 heterocycles. The fourth-order valence-corrected chi connectivity index (χ4v) is 2.42. The van der Waals surface area contributed by atoms with Gasteiger partial charge in [0.05, 0.1) is 17.7 Å².